The summed E-state index contributed by atoms with van der Waals surface area (Å²) in [4.78, 5) is 0. The highest BCUT2D eigenvalue weighted by Gasteiger charge is 1.95. The first-order chi connectivity index (χ1) is 4.41. The summed E-state index contributed by atoms with van der Waals surface area (Å²) in [6, 6.07) is 0. The Bertz CT molecular complexity index is 48.0. The van der Waals surface area contributed by atoms with Gasteiger partial charge in [-0.25, -0.2) is 0 Å². The zero-order chi connectivity index (χ0) is 6.95. The van der Waals surface area contributed by atoms with Crippen LogP contribution in [0.25, 0.3) is 0 Å². The van der Waals surface area contributed by atoms with Gasteiger partial charge in [-0.1, -0.05) is 13.0 Å². The van der Waals surface area contributed by atoms with Crippen LogP contribution in [0.3, 0.4) is 0 Å². The van der Waals surface area contributed by atoms with Crippen LogP contribution in [-0.4, -0.2) is 11.5 Å². The summed E-state index contributed by atoms with van der Waals surface area (Å²) >= 11 is 2.07. The van der Waals surface area contributed by atoms with Crippen LogP contribution < -0.4 is 0 Å². The highest BCUT2D eigenvalue weighted by Crippen LogP contribution is 2.14. The number of hydrogen-bond donors (Lipinski definition) is 0. The Hall–Kier alpha value is 0.0900. The molecule has 0 unspecified atom stereocenters. The predicted molar refractivity (Wildman–Crippen MR) is 47.0 cm³/mol. The van der Waals surface area contributed by atoms with E-state index < -0.39 is 0 Å². The third-order valence-electron chi connectivity index (χ3n) is 1.12. The van der Waals surface area contributed by atoms with Crippen LogP contribution in [0.5, 0.6) is 0 Å². The van der Waals surface area contributed by atoms with Crippen LogP contribution in [0.1, 0.15) is 26.2 Å². The first-order valence-electron chi connectivity index (χ1n) is 3.60. The fraction of sp³-hybridized carbons (Fsp3) is 0.750. The van der Waals surface area contributed by atoms with Crippen molar-refractivity contribution in [2.75, 3.05) is 11.5 Å². The van der Waals surface area contributed by atoms with Crippen molar-refractivity contribution in [2.24, 2.45) is 0 Å². The first-order valence-corrected chi connectivity index (χ1v) is 4.76. The molecular formula is C8H16S. The summed E-state index contributed by atoms with van der Waals surface area (Å²) in [5.41, 5.74) is 0. The topological polar surface area (TPSA) is 0 Å². The normalized spacial score (nSPS) is 16.1. The summed E-state index contributed by atoms with van der Waals surface area (Å²) in [5, 5.41) is 0. The molecule has 0 aliphatic carbocycles. The molecule has 1 heterocycles. The quantitative estimate of drug-likeness (QED) is 0.510. The van der Waals surface area contributed by atoms with Gasteiger partial charge in [0.2, 0.25) is 0 Å². The molecule has 0 atom stereocenters. The Labute approximate surface area is 62.7 Å². The van der Waals surface area contributed by atoms with Crippen molar-refractivity contribution in [1.82, 2.24) is 0 Å². The molecule has 0 saturated carbocycles. The monoisotopic (exact) mass is 144 g/mol. The van der Waals surface area contributed by atoms with Gasteiger partial charge in [0.05, 0.1) is 0 Å². The summed E-state index contributed by atoms with van der Waals surface area (Å²) < 4.78 is 0. The van der Waals surface area contributed by atoms with E-state index in [2.05, 4.69) is 25.3 Å². The van der Waals surface area contributed by atoms with E-state index in [1.807, 2.05) is 6.08 Å². The maximum atomic E-state index is 3.48. The van der Waals surface area contributed by atoms with Gasteiger partial charge in [-0.2, -0.15) is 11.8 Å². The van der Waals surface area contributed by atoms with E-state index in [9.17, 15) is 0 Å². The maximum Gasteiger partial charge on any atom is -0.00672 e. The standard InChI is InChI=1S/C4H8S.C4H8/c1-2-4-5-3-1;1-3-4-2/h1-4H2;3H,1,4H2,2H3. The number of allylic oxidation sites excluding steroid dienone is 1. The SMILES string of the molecule is C1CCSC1.C=CCC. The fourth-order valence-corrected chi connectivity index (χ4v) is 1.53. The average Bonchev–Trinajstić information content (AvgIpc) is 2.43. The van der Waals surface area contributed by atoms with Crippen molar-refractivity contribution >= 4 is 11.8 Å². The molecule has 0 aromatic carbocycles. The van der Waals surface area contributed by atoms with Crippen molar-refractivity contribution in [3.8, 4) is 0 Å². The molecule has 1 aliphatic heterocycles. The molecule has 1 aliphatic rings. The minimum absolute atomic E-state index is 1.08. The lowest BCUT2D eigenvalue weighted by atomic mass is 10.4. The van der Waals surface area contributed by atoms with Crippen LogP contribution in [0, 0.1) is 0 Å². The molecule has 0 aromatic heterocycles. The van der Waals surface area contributed by atoms with Crippen LogP contribution in [0.15, 0.2) is 12.7 Å². The molecule has 0 nitrogen and oxygen atoms in total. The number of hydrogen-bond acceptors (Lipinski definition) is 1. The van der Waals surface area contributed by atoms with E-state index in [0.29, 0.717) is 0 Å². The van der Waals surface area contributed by atoms with E-state index >= 15 is 0 Å². The van der Waals surface area contributed by atoms with Crippen LogP contribution in [0.2, 0.25) is 0 Å². The molecule has 0 spiro atoms. The number of rotatable bonds is 1. The van der Waals surface area contributed by atoms with Gasteiger partial charge in [-0.15, -0.1) is 6.58 Å². The fourth-order valence-electron chi connectivity index (χ4n) is 0.510. The molecular weight excluding hydrogens is 128 g/mol. The molecule has 0 amide bonds. The molecule has 1 fully saturated rings. The second-order valence-corrected chi connectivity index (χ2v) is 3.24. The van der Waals surface area contributed by atoms with Crippen molar-refractivity contribution in [3.63, 3.8) is 0 Å². The Morgan fingerprint density at radius 3 is 2.00 bits per heavy atom. The highest BCUT2D eigenvalue weighted by atomic mass is 32.2. The lowest BCUT2D eigenvalue weighted by molar-refractivity contribution is 0.949. The van der Waals surface area contributed by atoms with Gasteiger partial charge in [0, 0.05) is 0 Å². The summed E-state index contributed by atoms with van der Waals surface area (Å²) in [6.45, 7) is 5.54. The van der Waals surface area contributed by atoms with Gasteiger partial charge in [0.15, 0.2) is 0 Å². The van der Waals surface area contributed by atoms with Gasteiger partial charge in [0.25, 0.3) is 0 Å². The van der Waals surface area contributed by atoms with Gasteiger partial charge >= 0.3 is 0 Å². The minimum Gasteiger partial charge on any atom is -0.162 e. The third-order valence-corrected chi connectivity index (χ3v) is 2.27. The summed E-state index contributed by atoms with van der Waals surface area (Å²) in [5.74, 6) is 2.83. The van der Waals surface area contributed by atoms with Crippen molar-refractivity contribution in [1.29, 1.82) is 0 Å². The Kier molecular flexibility index (Phi) is 8.17. The molecule has 1 heteroatoms. The average molecular weight is 144 g/mol. The summed E-state index contributed by atoms with van der Waals surface area (Å²) in [6.07, 6.45) is 5.88. The minimum atomic E-state index is 1.08. The summed E-state index contributed by atoms with van der Waals surface area (Å²) in [7, 11) is 0. The van der Waals surface area contributed by atoms with Gasteiger partial charge < -0.3 is 0 Å². The lowest BCUT2D eigenvalue weighted by Gasteiger charge is -1.69. The largest absolute Gasteiger partial charge is 0.162 e. The molecule has 9 heavy (non-hydrogen) atoms. The molecule has 0 aromatic rings. The Balaban J connectivity index is 0.000000148. The molecule has 1 saturated heterocycles. The van der Waals surface area contributed by atoms with E-state index in [1.54, 1.807) is 0 Å². The number of thioether (sulfide) groups is 1. The molecule has 54 valence electrons. The molecule has 0 N–H and O–H groups in total. The lowest BCUT2D eigenvalue weighted by Crippen LogP contribution is -1.58. The maximum absolute atomic E-state index is 3.48. The van der Waals surface area contributed by atoms with E-state index in [0.717, 1.165) is 6.42 Å². The van der Waals surface area contributed by atoms with Crippen LogP contribution >= 0.6 is 11.8 Å². The van der Waals surface area contributed by atoms with Gasteiger partial charge in [0.1, 0.15) is 0 Å². The van der Waals surface area contributed by atoms with E-state index in [-0.39, 0.29) is 0 Å². The van der Waals surface area contributed by atoms with Gasteiger partial charge in [-0.3, -0.25) is 0 Å². The molecule has 0 bridgehead atoms. The van der Waals surface area contributed by atoms with Gasteiger partial charge in [-0.05, 0) is 30.8 Å². The molecule has 1 rings (SSSR count). The molecule has 0 radical (unpaired) electrons. The predicted octanol–water partition coefficient (Wildman–Crippen LogP) is 3.10. The van der Waals surface area contributed by atoms with Crippen LogP contribution in [-0.2, 0) is 0 Å². The third kappa shape index (κ3) is 8.09. The Morgan fingerprint density at radius 1 is 1.44 bits per heavy atom. The van der Waals surface area contributed by atoms with E-state index in [4.69, 9.17) is 0 Å². The zero-order valence-corrected chi connectivity index (χ0v) is 7.04. The highest BCUT2D eigenvalue weighted by molar-refractivity contribution is 7.99. The van der Waals surface area contributed by atoms with Crippen LogP contribution in [0.4, 0.5) is 0 Å². The van der Waals surface area contributed by atoms with E-state index in [1.165, 1.54) is 24.3 Å². The Morgan fingerprint density at radius 2 is 1.89 bits per heavy atom. The zero-order valence-electron chi connectivity index (χ0n) is 6.23. The first kappa shape index (κ1) is 9.09. The van der Waals surface area contributed by atoms with Crippen molar-refractivity contribution in [2.45, 2.75) is 26.2 Å². The second-order valence-electron chi connectivity index (χ2n) is 2.02. The van der Waals surface area contributed by atoms with Crippen molar-refractivity contribution in [3.05, 3.63) is 12.7 Å². The smallest absolute Gasteiger partial charge is 0.00672 e. The second kappa shape index (κ2) is 8.09. The van der Waals surface area contributed by atoms with Crippen molar-refractivity contribution < 1.29 is 0 Å².